The molecule has 0 fully saturated rings. The average Bonchev–Trinajstić information content (AvgIpc) is 2.37. The van der Waals surface area contributed by atoms with Gasteiger partial charge >= 0.3 is 0 Å². The highest BCUT2D eigenvalue weighted by molar-refractivity contribution is 5.92. The summed E-state index contributed by atoms with van der Waals surface area (Å²) < 4.78 is 13.0. The Morgan fingerprint density at radius 2 is 1.89 bits per heavy atom. The fourth-order valence-corrected chi connectivity index (χ4v) is 1.72. The van der Waals surface area contributed by atoms with Crippen molar-refractivity contribution in [3.63, 3.8) is 0 Å². The van der Waals surface area contributed by atoms with Crippen molar-refractivity contribution in [2.45, 2.75) is 13.3 Å². The van der Waals surface area contributed by atoms with Crippen molar-refractivity contribution in [2.75, 3.05) is 11.1 Å². The van der Waals surface area contributed by atoms with Gasteiger partial charge in [0.1, 0.15) is 5.82 Å². The number of benzene rings is 2. The zero-order valence-corrected chi connectivity index (χ0v) is 10.6. The third-order valence-corrected chi connectivity index (χ3v) is 2.77. The van der Waals surface area contributed by atoms with E-state index in [2.05, 4.69) is 5.32 Å². The van der Waals surface area contributed by atoms with E-state index in [9.17, 15) is 9.18 Å². The highest BCUT2D eigenvalue weighted by atomic mass is 19.1. The topological polar surface area (TPSA) is 55.1 Å². The van der Waals surface area contributed by atoms with Crippen LogP contribution in [0.2, 0.25) is 0 Å². The number of carbonyl (C=O) groups is 1. The van der Waals surface area contributed by atoms with E-state index in [1.54, 1.807) is 0 Å². The Morgan fingerprint density at radius 3 is 2.53 bits per heavy atom. The molecule has 0 radical (unpaired) electrons. The van der Waals surface area contributed by atoms with Crippen molar-refractivity contribution < 1.29 is 9.18 Å². The van der Waals surface area contributed by atoms with Crippen molar-refractivity contribution >= 4 is 17.3 Å². The Balaban J connectivity index is 2.01. The average molecular weight is 258 g/mol. The molecule has 4 heteroatoms. The van der Waals surface area contributed by atoms with E-state index >= 15 is 0 Å². The Labute approximate surface area is 111 Å². The predicted molar refractivity (Wildman–Crippen MR) is 74.3 cm³/mol. The fourth-order valence-electron chi connectivity index (χ4n) is 1.72. The molecule has 0 saturated carbocycles. The summed E-state index contributed by atoms with van der Waals surface area (Å²) in [7, 11) is 0. The van der Waals surface area contributed by atoms with Gasteiger partial charge in [0.25, 0.3) is 0 Å². The van der Waals surface area contributed by atoms with E-state index in [-0.39, 0.29) is 18.0 Å². The highest BCUT2D eigenvalue weighted by Crippen LogP contribution is 2.16. The minimum absolute atomic E-state index is 0.0214. The summed E-state index contributed by atoms with van der Waals surface area (Å²) in [4.78, 5) is 11.8. The molecular formula is C15H15FN2O. The lowest BCUT2D eigenvalue weighted by molar-refractivity contribution is -0.115. The summed E-state index contributed by atoms with van der Waals surface area (Å²) >= 11 is 0. The van der Waals surface area contributed by atoms with Crippen LogP contribution in [-0.2, 0) is 11.2 Å². The van der Waals surface area contributed by atoms with Gasteiger partial charge in [-0.1, -0.05) is 29.8 Å². The number of nitrogens with one attached hydrogen (secondary N) is 1. The second-order valence-corrected chi connectivity index (χ2v) is 4.45. The van der Waals surface area contributed by atoms with Crippen molar-refractivity contribution in [3.8, 4) is 0 Å². The highest BCUT2D eigenvalue weighted by Gasteiger charge is 2.05. The van der Waals surface area contributed by atoms with Gasteiger partial charge < -0.3 is 11.1 Å². The van der Waals surface area contributed by atoms with Crippen LogP contribution in [0.3, 0.4) is 0 Å². The monoisotopic (exact) mass is 258 g/mol. The van der Waals surface area contributed by atoms with E-state index < -0.39 is 5.82 Å². The molecule has 0 unspecified atom stereocenters. The molecule has 3 nitrogen and oxygen atoms in total. The summed E-state index contributed by atoms with van der Waals surface area (Å²) in [6.07, 6.45) is 0.275. The molecule has 0 aliphatic carbocycles. The standard InChI is InChI=1S/C15H15FN2O/c1-10-2-4-11(5-3-10)8-15(19)18-12-6-7-13(16)14(17)9-12/h2-7,9H,8,17H2,1H3,(H,18,19). The second kappa shape index (κ2) is 5.52. The molecule has 0 atom stereocenters. The van der Waals surface area contributed by atoms with Gasteiger partial charge in [0.15, 0.2) is 0 Å². The van der Waals surface area contributed by atoms with Crippen molar-refractivity contribution in [3.05, 3.63) is 59.4 Å². The van der Waals surface area contributed by atoms with Crippen LogP contribution in [0.1, 0.15) is 11.1 Å². The molecule has 19 heavy (non-hydrogen) atoms. The SMILES string of the molecule is Cc1ccc(CC(=O)Nc2ccc(F)c(N)c2)cc1. The third kappa shape index (κ3) is 3.55. The third-order valence-electron chi connectivity index (χ3n) is 2.77. The molecule has 0 bridgehead atoms. The summed E-state index contributed by atoms with van der Waals surface area (Å²) in [6.45, 7) is 1.99. The molecule has 0 aliphatic heterocycles. The lowest BCUT2D eigenvalue weighted by atomic mass is 10.1. The predicted octanol–water partition coefficient (Wildman–Crippen LogP) is 2.90. The van der Waals surface area contributed by atoms with Crippen LogP contribution in [0.15, 0.2) is 42.5 Å². The van der Waals surface area contributed by atoms with E-state index in [1.165, 1.54) is 18.2 Å². The van der Waals surface area contributed by atoms with E-state index in [0.29, 0.717) is 5.69 Å². The van der Waals surface area contributed by atoms with Crippen molar-refractivity contribution in [2.24, 2.45) is 0 Å². The van der Waals surface area contributed by atoms with Crippen LogP contribution in [0.5, 0.6) is 0 Å². The second-order valence-electron chi connectivity index (χ2n) is 4.45. The minimum atomic E-state index is -0.489. The van der Waals surface area contributed by atoms with Gasteiger partial charge in [0.05, 0.1) is 12.1 Å². The van der Waals surface area contributed by atoms with Gasteiger partial charge in [0, 0.05) is 5.69 Å². The quantitative estimate of drug-likeness (QED) is 0.832. The molecule has 0 heterocycles. The number of halogens is 1. The normalized spacial score (nSPS) is 10.2. The zero-order valence-electron chi connectivity index (χ0n) is 10.6. The minimum Gasteiger partial charge on any atom is -0.396 e. The Morgan fingerprint density at radius 1 is 1.21 bits per heavy atom. The van der Waals surface area contributed by atoms with Crippen LogP contribution in [0.25, 0.3) is 0 Å². The number of hydrogen-bond donors (Lipinski definition) is 2. The van der Waals surface area contributed by atoms with Gasteiger partial charge in [-0.15, -0.1) is 0 Å². The van der Waals surface area contributed by atoms with Gasteiger partial charge in [-0.3, -0.25) is 4.79 Å². The van der Waals surface area contributed by atoms with Crippen molar-refractivity contribution in [1.82, 2.24) is 0 Å². The first kappa shape index (κ1) is 13.1. The molecule has 98 valence electrons. The molecule has 0 spiro atoms. The number of aryl methyl sites for hydroxylation is 1. The Hall–Kier alpha value is -2.36. The maximum atomic E-state index is 13.0. The van der Waals surface area contributed by atoms with Crippen LogP contribution in [-0.4, -0.2) is 5.91 Å². The Kier molecular flexibility index (Phi) is 3.80. The number of anilines is 2. The summed E-state index contributed by atoms with van der Waals surface area (Å²) in [6, 6.07) is 11.9. The molecule has 2 aromatic rings. The van der Waals surface area contributed by atoms with Crippen LogP contribution in [0, 0.1) is 12.7 Å². The van der Waals surface area contributed by atoms with Crippen LogP contribution < -0.4 is 11.1 Å². The first-order valence-electron chi connectivity index (χ1n) is 5.95. The molecular weight excluding hydrogens is 243 g/mol. The summed E-state index contributed by atoms with van der Waals surface area (Å²) in [5, 5.41) is 2.69. The van der Waals surface area contributed by atoms with E-state index in [0.717, 1.165) is 11.1 Å². The van der Waals surface area contributed by atoms with Gasteiger partial charge in [-0.2, -0.15) is 0 Å². The molecule has 1 amide bonds. The Bertz CT molecular complexity index is 594. The first-order chi connectivity index (χ1) is 9.04. The fraction of sp³-hybridized carbons (Fsp3) is 0.133. The molecule has 0 saturated heterocycles. The van der Waals surface area contributed by atoms with E-state index in [1.807, 2.05) is 31.2 Å². The van der Waals surface area contributed by atoms with Gasteiger partial charge in [-0.05, 0) is 30.7 Å². The van der Waals surface area contributed by atoms with Crippen LogP contribution in [0.4, 0.5) is 15.8 Å². The smallest absolute Gasteiger partial charge is 0.228 e. The zero-order chi connectivity index (χ0) is 13.8. The van der Waals surface area contributed by atoms with Crippen LogP contribution >= 0.6 is 0 Å². The molecule has 0 aromatic heterocycles. The maximum Gasteiger partial charge on any atom is 0.228 e. The van der Waals surface area contributed by atoms with E-state index in [4.69, 9.17) is 5.73 Å². The summed E-state index contributed by atoms with van der Waals surface area (Å²) in [5.41, 5.74) is 8.03. The lowest BCUT2D eigenvalue weighted by Gasteiger charge is -2.07. The number of hydrogen-bond acceptors (Lipinski definition) is 2. The lowest BCUT2D eigenvalue weighted by Crippen LogP contribution is -2.14. The molecule has 2 aromatic carbocycles. The number of amides is 1. The maximum absolute atomic E-state index is 13.0. The number of carbonyl (C=O) groups excluding carboxylic acids is 1. The summed E-state index contributed by atoms with van der Waals surface area (Å²) in [5.74, 6) is -0.647. The first-order valence-corrected chi connectivity index (χ1v) is 5.95. The molecule has 3 N–H and O–H groups in total. The van der Waals surface area contributed by atoms with Gasteiger partial charge in [-0.25, -0.2) is 4.39 Å². The number of nitrogen functional groups attached to an aromatic ring is 1. The largest absolute Gasteiger partial charge is 0.396 e. The van der Waals surface area contributed by atoms with Gasteiger partial charge in [0.2, 0.25) is 5.91 Å². The van der Waals surface area contributed by atoms with Crippen molar-refractivity contribution in [1.29, 1.82) is 0 Å². The molecule has 0 aliphatic rings. The molecule has 2 rings (SSSR count). The number of nitrogens with two attached hydrogens (primary N) is 1. The number of rotatable bonds is 3.